The molecular formula is C20H29ClN2O2. The maximum atomic E-state index is 12.2. The summed E-state index contributed by atoms with van der Waals surface area (Å²) in [5.41, 5.74) is 1.24. The molecule has 3 rings (SSSR count). The highest BCUT2D eigenvalue weighted by Gasteiger charge is 2.45. The Balaban J connectivity index is 1.95. The molecule has 0 amide bonds. The van der Waals surface area contributed by atoms with Crippen LogP contribution in [0.1, 0.15) is 56.6 Å². The van der Waals surface area contributed by atoms with Crippen molar-refractivity contribution in [2.45, 2.75) is 62.9 Å². The predicted octanol–water partition coefficient (Wildman–Crippen LogP) is 3.81. The Bertz CT molecular complexity index is 635. The lowest BCUT2D eigenvalue weighted by Crippen LogP contribution is -2.50. The Morgan fingerprint density at radius 1 is 1.24 bits per heavy atom. The highest BCUT2D eigenvalue weighted by molar-refractivity contribution is 6.31. The van der Waals surface area contributed by atoms with Gasteiger partial charge in [-0.25, -0.2) is 0 Å². The topological polar surface area (TPSA) is 52.6 Å². The molecule has 1 saturated carbocycles. The van der Waals surface area contributed by atoms with E-state index in [1.54, 1.807) is 0 Å². The summed E-state index contributed by atoms with van der Waals surface area (Å²) in [4.78, 5) is 14.6. The summed E-state index contributed by atoms with van der Waals surface area (Å²) in [5, 5.41) is 14.0. The van der Waals surface area contributed by atoms with E-state index in [9.17, 15) is 9.90 Å². The molecule has 0 unspecified atom stereocenters. The third kappa shape index (κ3) is 3.44. The number of nitrogens with one attached hydrogen (secondary N) is 1. The summed E-state index contributed by atoms with van der Waals surface area (Å²) in [6.45, 7) is 5.10. The number of halogens is 1. The quantitative estimate of drug-likeness (QED) is 0.834. The lowest BCUT2D eigenvalue weighted by molar-refractivity contribution is -0.143. The lowest BCUT2D eigenvalue weighted by atomic mass is 9.76. The molecule has 1 aliphatic heterocycles. The molecular weight excluding hydrogens is 336 g/mol. The molecule has 1 aromatic carbocycles. The first kappa shape index (κ1) is 18.7. The van der Waals surface area contributed by atoms with Crippen LogP contribution in [0, 0.1) is 0 Å². The van der Waals surface area contributed by atoms with Crippen LogP contribution in [0.2, 0.25) is 5.02 Å². The third-order valence-electron chi connectivity index (χ3n) is 6.45. The number of carboxylic acid groups (broad SMARTS) is 1. The van der Waals surface area contributed by atoms with Gasteiger partial charge in [0.25, 0.3) is 0 Å². The summed E-state index contributed by atoms with van der Waals surface area (Å²) in [7, 11) is 2.15. The van der Waals surface area contributed by atoms with Gasteiger partial charge < -0.3 is 10.4 Å². The molecule has 0 spiro atoms. The number of rotatable bonds is 5. The molecule has 0 aromatic heterocycles. The van der Waals surface area contributed by atoms with Crippen molar-refractivity contribution in [3.05, 3.63) is 34.3 Å². The number of carbonyl (C=O) groups is 1. The monoisotopic (exact) mass is 364 g/mol. The number of hydrogen-bond acceptors (Lipinski definition) is 3. The van der Waals surface area contributed by atoms with Gasteiger partial charge in [-0.15, -0.1) is 0 Å². The van der Waals surface area contributed by atoms with Crippen molar-refractivity contribution < 1.29 is 9.90 Å². The van der Waals surface area contributed by atoms with E-state index >= 15 is 0 Å². The van der Waals surface area contributed by atoms with Crippen LogP contribution >= 0.6 is 11.6 Å². The zero-order chi connectivity index (χ0) is 18.1. The predicted molar refractivity (Wildman–Crippen MR) is 101 cm³/mol. The van der Waals surface area contributed by atoms with Crippen LogP contribution in [-0.4, -0.2) is 41.7 Å². The second-order valence-electron chi connectivity index (χ2n) is 7.97. The van der Waals surface area contributed by atoms with Gasteiger partial charge in [0, 0.05) is 17.1 Å². The molecule has 1 aliphatic carbocycles. The van der Waals surface area contributed by atoms with Gasteiger partial charge in [0.1, 0.15) is 0 Å². The molecule has 5 heteroatoms. The molecule has 0 atom stereocenters. The first-order valence-electron chi connectivity index (χ1n) is 9.32. The number of aliphatic carboxylic acids is 1. The minimum absolute atomic E-state index is 0.136. The van der Waals surface area contributed by atoms with Gasteiger partial charge in [-0.2, -0.15) is 0 Å². The fourth-order valence-electron chi connectivity index (χ4n) is 4.58. The van der Waals surface area contributed by atoms with E-state index < -0.39 is 11.4 Å². The first-order chi connectivity index (χ1) is 11.9. The molecule has 4 nitrogen and oxygen atoms in total. The van der Waals surface area contributed by atoms with Crippen LogP contribution < -0.4 is 5.32 Å². The average Bonchev–Trinajstić information content (AvgIpc) is 3.06. The van der Waals surface area contributed by atoms with Gasteiger partial charge in [-0.05, 0) is 69.9 Å². The molecule has 2 aliphatic rings. The van der Waals surface area contributed by atoms with Gasteiger partial charge in [0.15, 0.2) is 0 Å². The summed E-state index contributed by atoms with van der Waals surface area (Å²) >= 11 is 6.56. The molecule has 25 heavy (non-hydrogen) atoms. The third-order valence-corrected chi connectivity index (χ3v) is 6.77. The van der Waals surface area contributed by atoms with Crippen molar-refractivity contribution in [3.63, 3.8) is 0 Å². The second kappa shape index (κ2) is 7.26. The Morgan fingerprint density at radius 2 is 1.88 bits per heavy atom. The number of piperidine rings is 1. The molecule has 1 heterocycles. The Morgan fingerprint density at radius 3 is 2.48 bits per heavy atom. The van der Waals surface area contributed by atoms with E-state index in [2.05, 4.69) is 30.3 Å². The number of nitrogens with zero attached hydrogens (tertiary/aromatic N) is 1. The SMILES string of the molecule is CN(Cc1cccc(Cl)c1C1(C(=O)O)CCCC1)C1(C)CCNCC1. The van der Waals surface area contributed by atoms with Crippen molar-refractivity contribution in [3.8, 4) is 0 Å². The Kier molecular flexibility index (Phi) is 5.42. The summed E-state index contributed by atoms with van der Waals surface area (Å²) in [6, 6.07) is 5.85. The van der Waals surface area contributed by atoms with Crippen molar-refractivity contribution in [1.29, 1.82) is 0 Å². The molecule has 0 bridgehead atoms. The zero-order valence-electron chi connectivity index (χ0n) is 15.3. The minimum Gasteiger partial charge on any atom is -0.481 e. The van der Waals surface area contributed by atoms with Crippen LogP contribution in [0.5, 0.6) is 0 Å². The van der Waals surface area contributed by atoms with Crippen LogP contribution in [0.25, 0.3) is 0 Å². The average molecular weight is 365 g/mol. The van der Waals surface area contributed by atoms with Crippen LogP contribution in [-0.2, 0) is 16.8 Å². The van der Waals surface area contributed by atoms with E-state index in [1.807, 2.05) is 12.1 Å². The minimum atomic E-state index is -0.816. The fourth-order valence-corrected chi connectivity index (χ4v) is 4.95. The van der Waals surface area contributed by atoms with Gasteiger partial charge in [0.05, 0.1) is 5.41 Å². The molecule has 0 radical (unpaired) electrons. The standard InChI is InChI=1S/C20H29ClN2O2/c1-19(10-12-22-13-11-19)23(2)14-15-6-5-7-16(21)17(15)20(18(24)25)8-3-4-9-20/h5-7,22H,3-4,8-14H2,1-2H3,(H,24,25). The van der Waals surface area contributed by atoms with Crippen molar-refractivity contribution in [2.75, 3.05) is 20.1 Å². The molecule has 1 aromatic rings. The maximum Gasteiger partial charge on any atom is 0.314 e. The lowest BCUT2D eigenvalue weighted by Gasteiger charge is -2.43. The molecule has 2 N–H and O–H groups in total. The normalized spacial score (nSPS) is 22.2. The number of carboxylic acids is 1. The molecule has 138 valence electrons. The van der Waals surface area contributed by atoms with Crippen LogP contribution in [0.15, 0.2) is 18.2 Å². The van der Waals surface area contributed by atoms with Crippen LogP contribution in [0.3, 0.4) is 0 Å². The highest BCUT2D eigenvalue weighted by atomic mass is 35.5. The van der Waals surface area contributed by atoms with E-state index in [-0.39, 0.29) is 5.54 Å². The second-order valence-corrected chi connectivity index (χ2v) is 8.38. The molecule has 1 saturated heterocycles. The van der Waals surface area contributed by atoms with Gasteiger partial charge in [-0.3, -0.25) is 9.69 Å². The fraction of sp³-hybridized carbons (Fsp3) is 0.650. The first-order valence-corrected chi connectivity index (χ1v) is 9.70. The zero-order valence-corrected chi connectivity index (χ0v) is 16.0. The van der Waals surface area contributed by atoms with Gasteiger partial charge in [-0.1, -0.05) is 36.6 Å². The largest absolute Gasteiger partial charge is 0.481 e. The van der Waals surface area contributed by atoms with Crippen molar-refractivity contribution in [1.82, 2.24) is 10.2 Å². The number of benzene rings is 1. The van der Waals surface area contributed by atoms with E-state index in [0.717, 1.165) is 56.4 Å². The maximum absolute atomic E-state index is 12.2. The Hall–Kier alpha value is -1.10. The Labute approximate surface area is 155 Å². The summed E-state index contributed by atoms with van der Waals surface area (Å²) in [6.07, 6.45) is 5.48. The van der Waals surface area contributed by atoms with E-state index in [0.29, 0.717) is 17.9 Å². The highest BCUT2D eigenvalue weighted by Crippen LogP contribution is 2.46. The van der Waals surface area contributed by atoms with E-state index in [4.69, 9.17) is 11.6 Å². The van der Waals surface area contributed by atoms with Crippen molar-refractivity contribution >= 4 is 17.6 Å². The van der Waals surface area contributed by atoms with Crippen LogP contribution in [0.4, 0.5) is 0 Å². The molecule has 2 fully saturated rings. The van der Waals surface area contributed by atoms with Gasteiger partial charge in [0.2, 0.25) is 0 Å². The van der Waals surface area contributed by atoms with Gasteiger partial charge >= 0.3 is 5.97 Å². The van der Waals surface area contributed by atoms with E-state index in [1.165, 1.54) is 0 Å². The smallest absolute Gasteiger partial charge is 0.314 e. The summed E-state index contributed by atoms with van der Waals surface area (Å²) < 4.78 is 0. The van der Waals surface area contributed by atoms with Crippen molar-refractivity contribution in [2.24, 2.45) is 0 Å². The summed E-state index contributed by atoms with van der Waals surface area (Å²) in [5.74, 6) is -0.727. The number of hydrogen-bond donors (Lipinski definition) is 2.